The van der Waals surface area contributed by atoms with Crippen LogP contribution in [0.3, 0.4) is 0 Å². The predicted octanol–water partition coefficient (Wildman–Crippen LogP) is 4.32. The van der Waals surface area contributed by atoms with E-state index in [4.69, 9.17) is 5.84 Å². The maximum absolute atomic E-state index is 13.2. The Morgan fingerprint density at radius 1 is 1.06 bits per heavy atom. The Balaban J connectivity index is 1.48. The van der Waals surface area contributed by atoms with Gasteiger partial charge in [0.25, 0.3) is 5.91 Å². The molecule has 0 unspecified atom stereocenters. The first-order valence-electron chi connectivity index (χ1n) is 10.9. The van der Waals surface area contributed by atoms with Crippen molar-refractivity contribution in [3.05, 3.63) is 71.4 Å². The summed E-state index contributed by atoms with van der Waals surface area (Å²) in [7, 11) is 0. The van der Waals surface area contributed by atoms with Gasteiger partial charge in [0.1, 0.15) is 5.57 Å². The molecule has 1 aliphatic heterocycles. The number of anilines is 1. The zero-order valence-electron chi connectivity index (χ0n) is 18.5. The number of carbonyl (C=O) groups excluding carboxylic acids is 2. The number of carbonyl (C=O) groups is 2. The van der Waals surface area contributed by atoms with E-state index in [9.17, 15) is 9.59 Å². The van der Waals surface area contributed by atoms with Crippen molar-refractivity contribution < 1.29 is 9.59 Å². The van der Waals surface area contributed by atoms with Crippen LogP contribution >= 0.6 is 11.3 Å². The largest absolute Gasteiger partial charge is 0.374 e. The van der Waals surface area contributed by atoms with Gasteiger partial charge in [-0.3, -0.25) is 9.59 Å². The molecule has 32 heavy (non-hydrogen) atoms. The Kier molecular flexibility index (Phi) is 6.67. The quantitative estimate of drug-likeness (QED) is 0.152. The van der Waals surface area contributed by atoms with Gasteiger partial charge in [0, 0.05) is 18.8 Å². The number of nitrogens with zero attached hydrogens (tertiary/aromatic N) is 3. The van der Waals surface area contributed by atoms with Crippen molar-refractivity contribution in [3.8, 4) is 0 Å². The number of nitrogens with two attached hydrogens (primary N) is 1. The lowest BCUT2D eigenvalue weighted by Gasteiger charge is -2.35. The number of aromatic nitrogens is 1. The second kappa shape index (κ2) is 9.63. The molecule has 166 valence electrons. The van der Waals surface area contributed by atoms with Crippen molar-refractivity contribution in [2.24, 2.45) is 11.8 Å². The second-order valence-corrected chi connectivity index (χ2v) is 9.29. The number of hydrogen-bond acceptors (Lipinski definition) is 6. The number of hydrogen-bond donors (Lipinski definition) is 1. The molecule has 2 N–H and O–H groups in total. The molecule has 3 aromatic rings. The average Bonchev–Trinajstić information content (AvgIpc) is 3.24. The molecule has 1 fully saturated rings. The van der Waals surface area contributed by atoms with Gasteiger partial charge in [-0.1, -0.05) is 53.8 Å². The fourth-order valence-corrected chi connectivity index (χ4v) is 5.20. The van der Waals surface area contributed by atoms with Gasteiger partial charge in [-0.05, 0) is 56.7 Å². The number of hydrazine groups is 1. The Morgan fingerprint density at radius 2 is 1.72 bits per heavy atom. The molecule has 1 aliphatic rings. The third-order valence-electron chi connectivity index (χ3n) is 6.09. The first-order chi connectivity index (χ1) is 15.4. The fraction of sp³-hybridized carbons (Fsp3) is 0.320. The van der Waals surface area contributed by atoms with Gasteiger partial charge in [-0.25, -0.2) is 15.8 Å². The van der Waals surface area contributed by atoms with Gasteiger partial charge >= 0.3 is 0 Å². The van der Waals surface area contributed by atoms with E-state index in [1.165, 1.54) is 23.8 Å². The molecule has 0 radical (unpaired) electrons. The molecule has 1 aromatic heterocycles. The summed E-state index contributed by atoms with van der Waals surface area (Å²) >= 11 is 1.33. The number of para-hydroxylation sites is 1. The summed E-state index contributed by atoms with van der Waals surface area (Å²) in [6, 6.07) is 18.1. The summed E-state index contributed by atoms with van der Waals surface area (Å²) in [4.78, 5) is 32.3. The molecule has 0 spiro atoms. The number of amides is 1. The summed E-state index contributed by atoms with van der Waals surface area (Å²) in [5, 5.41) is 1.39. The fourth-order valence-electron chi connectivity index (χ4n) is 4.31. The van der Waals surface area contributed by atoms with Crippen molar-refractivity contribution in [2.75, 3.05) is 18.1 Å². The van der Waals surface area contributed by atoms with Crippen LogP contribution in [-0.2, 0) is 16.0 Å². The first kappa shape index (κ1) is 22.2. The maximum atomic E-state index is 13.2. The third-order valence-corrected chi connectivity index (χ3v) is 7.13. The van der Waals surface area contributed by atoms with Crippen LogP contribution in [0.1, 0.15) is 32.3 Å². The van der Waals surface area contributed by atoms with Crippen LogP contribution < -0.4 is 10.9 Å². The Hall–Kier alpha value is -3.03. The van der Waals surface area contributed by atoms with Crippen LogP contribution in [0.5, 0.6) is 0 Å². The molecule has 0 aliphatic carbocycles. The van der Waals surface area contributed by atoms with Gasteiger partial charge in [-0.2, -0.15) is 0 Å². The normalized spacial score (nSPS) is 15.5. The minimum absolute atomic E-state index is 0.133. The van der Waals surface area contributed by atoms with Crippen molar-refractivity contribution in [2.45, 2.75) is 33.1 Å². The molecule has 1 amide bonds. The highest BCUT2D eigenvalue weighted by Crippen LogP contribution is 2.29. The van der Waals surface area contributed by atoms with E-state index < -0.39 is 5.91 Å². The first-order valence-corrected chi connectivity index (χ1v) is 11.7. The van der Waals surface area contributed by atoms with Gasteiger partial charge in [0.2, 0.25) is 5.13 Å². The molecule has 7 heteroatoms. The smallest absolute Gasteiger partial charge is 0.279 e. The number of benzene rings is 2. The number of allylic oxidation sites excluding steroid dienone is 1. The Morgan fingerprint density at radius 3 is 2.38 bits per heavy atom. The number of ketones is 1. The van der Waals surface area contributed by atoms with E-state index in [0.29, 0.717) is 16.7 Å². The number of Topliss-reactive ketones (excluding diaryl/α,β-unsaturated/α-hetero) is 1. The van der Waals surface area contributed by atoms with Gasteiger partial charge in [0.15, 0.2) is 5.78 Å². The third kappa shape index (κ3) is 4.74. The van der Waals surface area contributed by atoms with Crippen molar-refractivity contribution in [3.63, 3.8) is 0 Å². The molecule has 4 rings (SSSR count). The summed E-state index contributed by atoms with van der Waals surface area (Å²) in [6.07, 6.45) is 3.11. The highest BCUT2D eigenvalue weighted by Gasteiger charge is 2.29. The molecule has 6 nitrogen and oxygen atoms in total. The molecule has 1 saturated heterocycles. The van der Waals surface area contributed by atoms with Crippen LogP contribution in [0.2, 0.25) is 0 Å². The zero-order chi connectivity index (χ0) is 22.7. The highest BCUT2D eigenvalue weighted by molar-refractivity contribution is 7.22. The lowest BCUT2D eigenvalue weighted by atomic mass is 9.89. The standard InChI is InChI=1S/C25H28N4O2S/c1-17(28-14-12-20(13-15-28)16-19-8-4-3-5-9-19)23(18(2)30)24(31)29(26)25-27-21-10-6-7-11-22(21)32-25/h3-11,20H,12-16,26H2,1-2H3/b23-17-. The van der Waals surface area contributed by atoms with E-state index in [0.717, 1.165) is 47.6 Å². The van der Waals surface area contributed by atoms with Gasteiger partial charge in [-0.15, -0.1) is 0 Å². The SMILES string of the molecule is CC(=O)/C(C(=O)N(N)c1nc2ccccc2s1)=C(\C)N1CCC(Cc2ccccc2)CC1. The monoisotopic (exact) mass is 448 g/mol. The number of fused-ring (bicyclic) bond motifs is 1. The maximum Gasteiger partial charge on any atom is 0.279 e. The van der Waals surface area contributed by atoms with Gasteiger partial charge in [0.05, 0.1) is 10.2 Å². The van der Waals surface area contributed by atoms with Gasteiger partial charge < -0.3 is 4.90 Å². The minimum Gasteiger partial charge on any atom is -0.374 e. The molecule has 0 bridgehead atoms. The molecular weight excluding hydrogens is 420 g/mol. The summed E-state index contributed by atoms with van der Waals surface area (Å²) < 4.78 is 0.941. The predicted molar refractivity (Wildman–Crippen MR) is 129 cm³/mol. The molecule has 2 aromatic carbocycles. The number of likely N-dealkylation sites (tertiary alicyclic amines) is 1. The summed E-state index contributed by atoms with van der Waals surface area (Å²) in [5.74, 6) is 5.95. The number of piperidine rings is 1. The van der Waals surface area contributed by atoms with Crippen molar-refractivity contribution in [1.29, 1.82) is 0 Å². The van der Waals surface area contributed by atoms with E-state index in [2.05, 4.69) is 34.1 Å². The zero-order valence-corrected chi connectivity index (χ0v) is 19.3. The van der Waals surface area contributed by atoms with Crippen molar-refractivity contribution in [1.82, 2.24) is 9.88 Å². The summed E-state index contributed by atoms with van der Waals surface area (Å²) in [6.45, 7) is 4.90. The van der Waals surface area contributed by atoms with Crippen LogP contribution in [0.15, 0.2) is 65.9 Å². The topological polar surface area (TPSA) is 79.5 Å². The van der Waals surface area contributed by atoms with E-state index in [1.54, 1.807) is 0 Å². The highest BCUT2D eigenvalue weighted by atomic mass is 32.1. The Labute approximate surface area is 192 Å². The molecule has 0 saturated carbocycles. The lowest BCUT2D eigenvalue weighted by Crippen LogP contribution is -2.42. The molecule has 2 heterocycles. The molecule has 0 atom stereocenters. The number of thiazole rings is 1. The minimum atomic E-state index is -0.513. The van der Waals surface area contributed by atoms with Crippen molar-refractivity contribution >= 4 is 38.4 Å². The van der Waals surface area contributed by atoms with Crippen LogP contribution in [0.25, 0.3) is 10.2 Å². The van der Waals surface area contributed by atoms with Crippen LogP contribution in [0.4, 0.5) is 5.13 Å². The lowest BCUT2D eigenvalue weighted by molar-refractivity contribution is -0.120. The van der Waals surface area contributed by atoms with E-state index in [1.807, 2.05) is 37.3 Å². The average molecular weight is 449 g/mol. The molecular formula is C25H28N4O2S. The van der Waals surface area contributed by atoms with E-state index in [-0.39, 0.29) is 11.4 Å². The van der Waals surface area contributed by atoms with Crippen LogP contribution in [0, 0.1) is 5.92 Å². The van der Waals surface area contributed by atoms with E-state index >= 15 is 0 Å². The number of rotatable bonds is 6. The Bertz CT molecular complexity index is 1110. The van der Waals surface area contributed by atoms with Crippen LogP contribution in [-0.4, -0.2) is 34.7 Å². The second-order valence-electron chi connectivity index (χ2n) is 8.28. The summed E-state index contributed by atoms with van der Waals surface area (Å²) in [5.41, 5.74) is 2.96.